The summed E-state index contributed by atoms with van der Waals surface area (Å²) in [5, 5.41) is 40.2. The van der Waals surface area contributed by atoms with Crippen LogP contribution in [0.1, 0.15) is 30.9 Å². The summed E-state index contributed by atoms with van der Waals surface area (Å²) < 4.78 is 16.7. The fourth-order valence-corrected chi connectivity index (χ4v) is 6.61. The molecule has 0 radical (unpaired) electrons. The van der Waals surface area contributed by atoms with E-state index in [0.717, 1.165) is 0 Å². The molecule has 0 amide bonds. The van der Waals surface area contributed by atoms with Crippen LogP contribution in [0.3, 0.4) is 0 Å². The molecule has 0 saturated carbocycles. The normalized spacial score (nSPS) is 19.1. The number of rotatable bonds is 4. The summed E-state index contributed by atoms with van der Waals surface area (Å²) in [6.45, 7) is 2.75. The van der Waals surface area contributed by atoms with Crippen molar-refractivity contribution in [2.24, 2.45) is 0 Å². The maximum atomic E-state index is 13.8. The van der Waals surface area contributed by atoms with Crippen molar-refractivity contribution in [2.45, 2.75) is 31.8 Å². The lowest BCUT2D eigenvalue weighted by molar-refractivity contribution is -0.267. The first-order valence-electron chi connectivity index (χ1n) is 11.9. The van der Waals surface area contributed by atoms with E-state index in [2.05, 4.69) is 0 Å². The number of hydrogen-bond acceptors (Lipinski definition) is 9. The van der Waals surface area contributed by atoms with Crippen molar-refractivity contribution < 1.29 is 34.3 Å². The molecule has 9 nitrogen and oxygen atoms in total. The lowest BCUT2D eigenvalue weighted by Crippen LogP contribution is -2.38. The minimum atomic E-state index is -1.75. The van der Waals surface area contributed by atoms with E-state index in [0.29, 0.717) is 21.7 Å². The Morgan fingerprint density at radius 3 is 2.00 bits per heavy atom. The third-order valence-electron chi connectivity index (χ3n) is 7.84. The molecule has 0 saturated heterocycles. The molecule has 1 aliphatic carbocycles. The topological polar surface area (TPSA) is 145 Å². The minimum Gasteiger partial charge on any atom is -0.872 e. The monoisotopic (exact) mass is 514 g/mol. The number of methoxy groups -OCH3 is 3. The van der Waals surface area contributed by atoms with E-state index in [1.165, 1.54) is 53.4 Å². The minimum absolute atomic E-state index is 0.103. The molecule has 0 fully saturated rings. The van der Waals surface area contributed by atoms with Gasteiger partial charge in [0.15, 0.2) is 10.9 Å². The van der Waals surface area contributed by atoms with Crippen molar-refractivity contribution >= 4 is 48.9 Å². The van der Waals surface area contributed by atoms with E-state index < -0.39 is 39.7 Å². The summed E-state index contributed by atoms with van der Waals surface area (Å²) in [5.41, 5.74) is -2.45. The third kappa shape index (κ3) is 2.71. The molecule has 1 aliphatic rings. The molecule has 194 valence electrons. The van der Waals surface area contributed by atoms with Gasteiger partial charge >= 0.3 is 0 Å². The SMILES string of the molecule is COc1c([O-])c2c(=O)cc(OC)c3c4c(OC)cc([O-])c5c(=O)cc6c(c(c1[C@H](C(C)=O)[C@](C)(O)C6)c23)c54. The van der Waals surface area contributed by atoms with E-state index in [4.69, 9.17) is 14.2 Å². The predicted octanol–water partition coefficient (Wildman–Crippen LogP) is 2.05. The zero-order valence-electron chi connectivity index (χ0n) is 21.2. The molecule has 0 unspecified atom stereocenters. The molecule has 0 bridgehead atoms. The van der Waals surface area contributed by atoms with Crippen LogP contribution >= 0.6 is 0 Å². The third-order valence-corrected chi connectivity index (χ3v) is 7.84. The fourth-order valence-electron chi connectivity index (χ4n) is 6.61. The highest BCUT2D eigenvalue weighted by atomic mass is 16.5. The Hall–Kier alpha value is -4.37. The van der Waals surface area contributed by atoms with Gasteiger partial charge < -0.3 is 29.5 Å². The highest BCUT2D eigenvalue weighted by molar-refractivity contribution is 6.38. The number of carbonyl (C=O) groups excluding carboxylic acids is 1. The molecule has 0 spiro atoms. The summed E-state index contributed by atoms with van der Waals surface area (Å²) >= 11 is 0. The second kappa shape index (κ2) is 7.58. The van der Waals surface area contributed by atoms with E-state index in [-0.39, 0.29) is 56.2 Å². The average molecular weight is 514 g/mol. The van der Waals surface area contributed by atoms with Gasteiger partial charge in [-0.2, -0.15) is 0 Å². The lowest BCUT2D eigenvalue weighted by Gasteiger charge is -2.33. The predicted molar refractivity (Wildman–Crippen MR) is 138 cm³/mol. The quantitative estimate of drug-likeness (QED) is 0.281. The molecule has 0 heterocycles. The second-order valence-corrected chi connectivity index (χ2v) is 10.0. The summed E-state index contributed by atoms with van der Waals surface area (Å²) in [4.78, 5) is 39.9. The molecule has 5 aromatic rings. The standard InChI is InChI=1S/C29H24O9/c1-10(30)26-25-23-17-11(9-29(26,2)35)6-12(31)18-13(32)7-15(36-3)20(22(17)18)21-16(37-4)8-14(33)19(24(21)23)27(34)28(25)38-5/h6-8,26,32,34-35H,9H2,1-5H3/p-2/t26-,29+/m0/s1. The molecule has 9 heteroatoms. The van der Waals surface area contributed by atoms with Crippen LogP contribution < -0.4 is 35.3 Å². The molecule has 5 aromatic carbocycles. The van der Waals surface area contributed by atoms with Crippen molar-refractivity contribution in [3.63, 3.8) is 0 Å². The fraction of sp³-hybridized carbons (Fsp3) is 0.276. The number of aliphatic hydroxyl groups is 1. The first-order valence-corrected chi connectivity index (χ1v) is 11.9. The number of ether oxygens (including phenoxy) is 3. The number of Topliss-reactive ketones (excluding diaryl/α,β-unsaturated/α-hetero) is 1. The van der Waals surface area contributed by atoms with Crippen LogP contribution in [0.15, 0.2) is 27.8 Å². The van der Waals surface area contributed by atoms with Gasteiger partial charge in [0.2, 0.25) is 0 Å². The summed E-state index contributed by atoms with van der Waals surface area (Å²) in [7, 11) is 3.98. The molecular formula is C29H22O9-2. The van der Waals surface area contributed by atoms with Crippen LogP contribution in [0.25, 0.3) is 43.1 Å². The van der Waals surface area contributed by atoms with Crippen LogP contribution in [-0.4, -0.2) is 37.8 Å². The van der Waals surface area contributed by atoms with Crippen LogP contribution in [-0.2, 0) is 11.2 Å². The Bertz CT molecular complexity index is 1970. The van der Waals surface area contributed by atoms with Gasteiger partial charge in [-0.05, 0) is 42.3 Å². The van der Waals surface area contributed by atoms with Gasteiger partial charge in [-0.15, -0.1) is 0 Å². The molecule has 1 N–H and O–H groups in total. The number of benzene rings is 5. The van der Waals surface area contributed by atoms with Crippen LogP contribution in [0, 0.1) is 0 Å². The smallest absolute Gasteiger partial charge is 0.189 e. The van der Waals surface area contributed by atoms with Gasteiger partial charge in [-0.25, -0.2) is 0 Å². The molecule has 0 aromatic heterocycles. The van der Waals surface area contributed by atoms with Crippen molar-refractivity contribution in [1.82, 2.24) is 0 Å². The Kier molecular flexibility index (Phi) is 4.79. The Balaban J connectivity index is 2.17. The number of ketones is 1. The second-order valence-electron chi connectivity index (χ2n) is 10.0. The van der Waals surface area contributed by atoms with Crippen LogP contribution in [0.2, 0.25) is 0 Å². The lowest BCUT2D eigenvalue weighted by atomic mass is 9.77. The number of hydrogen-bond donors (Lipinski definition) is 1. The largest absolute Gasteiger partial charge is 0.872 e. The van der Waals surface area contributed by atoms with Gasteiger partial charge in [0, 0.05) is 50.4 Å². The van der Waals surface area contributed by atoms with Crippen molar-refractivity contribution in [1.29, 1.82) is 0 Å². The van der Waals surface area contributed by atoms with Crippen molar-refractivity contribution in [2.75, 3.05) is 21.3 Å². The molecule has 2 atom stereocenters. The van der Waals surface area contributed by atoms with E-state index in [1.54, 1.807) is 0 Å². The summed E-state index contributed by atoms with van der Waals surface area (Å²) in [5.74, 6) is -3.00. The maximum absolute atomic E-state index is 13.8. The molecule has 0 aliphatic heterocycles. The number of fused-ring (bicyclic) bond motifs is 1. The maximum Gasteiger partial charge on any atom is 0.189 e. The molecule has 6 rings (SSSR count). The zero-order chi connectivity index (χ0) is 27.4. The highest BCUT2D eigenvalue weighted by Gasteiger charge is 2.44. The zero-order valence-corrected chi connectivity index (χ0v) is 21.2. The van der Waals surface area contributed by atoms with Gasteiger partial charge in [0.05, 0.1) is 32.8 Å². The van der Waals surface area contributed by atoms with Gasteiger partial charge in [-0.3, -0.25) is 14.4 Å². The van der Waals surface area contributed by atoms with Gasteiger partial charge in [0.25, 0.3) is 0 Å². The highest BCUT2D eigenvalue weighted by Crippen LogP contribution is 2.56. The molecule has 38 heavy (non-hydrogen) atoms. The molecular weight excluding hydrogens is 492 g/mol. The van der Waals surface area contributed by atoms with E-state index in [9.17, 15) is 29.7 Å². The first-order chi connectivity index (χ1) is 18.0. The van der Waals surface area contributed by atoms with Crippen LogP contribution in [0.5, 0.6) is 28.7 Å². The average Bonchev–Trinajstić information content (AvgIpc) is 2.94. The summed E-state index contributed by atoms with van der Waals surface area (Å²) in [6.07, 6.45) is -0.139. The summed E-state index contributed by atoms with van der Waals surface area (Å²) in [6, 6.07) is 3.65. The van der Waals surface area contributed by atoms with E-state index >= 15 is 0 Å². The van der Waals surface area contributed by atoms with Crippen molar-refractivity contribution in [3.05, 3.63) is 49.8 Å². The van der Waals surface area contributed by atoms with Crippen LogP contribution in [0.4, 0.5) is 0 Å². The van der Waals surface area contributed by atoms with E-state index in [1.807, 2.05) is 0 Å². The Labute approximate surface area is 215 Å². The number of carbonyl (C=O) groups is 1. The van der Waals surface area contributed by atoms with Gasteiger partial charge in [0.1, 0.15) is 23.0 Å². The van der Waals surface area contributed by atoms with Crippen molar-refractivity contribution in [3.8, 4) is 28.7 Å². The Morgan fingerprint density at radius 1 is 0.842 bits per heavy atom. The Morgan fingerprint density at radius 2 is 1.42 bits per heavy atom. The first kappa shape index (κ1) is 24.0. The van der Waals surface area contributed by atoms with Gasteiger partial charge in [-0.1, -0.05) is 11.5 Å².